The standard InChI is InChI=1S/C29H39N3O2/c1-28(34)10-7-22-19(14-28)5-6-24-23(22)8-11-29(2)26(13-25(27(24)29)18-3-4-18)20(17-33)16-32-12-9-21(15-30)31-32/h9,12,18-19,22-27,34H,3-8,10-11,13-14,16H2,1-2H3/t19-,22+,23-,24-,25+,26-,27-,28-,29-/m1/s1. The highest BCUT2D eigenvalue weighted by Crippen LogP contribution is 2.70. The number of nitriles is 1. The van der Waals surface area contributed by atoms with Gasteiger partial charge >= 0.3 is 0 Å². The number of hydrogen-bond acceptors (Lipinski definition) is 4. The van der Waals surface area contributed by atoms with Crippen LogP contribution in [0.4, 0.5) is 0 Å². The first-order valence-electron chi connectivity index (χ1n) is 13.7. The topological polar surface area (TPSA) is 78.9 Å². The van der Waals surface area contributed by atoms with Crippen LogP contribution in [0.2, 0.25) is 0 Å². The molecule has 0 saturated heterocycles. The Morgan fingerprint density at radius 3 is 2.56 bits per heavy atom. The molecule has 5 aliphatic rings. The minimum atomic E-state index is -0.465. The zero-order valence-electron chi connectivity index (χ0n) is 20.7. The summed E-state index contributed by atoms with van der Waals surface area (Å²) in [6.07, 6.45) is 13.9. The molecule has 0 bridgehead atoms. The third-order valence-corrected chi connectivity index (χ3v) is 11.2. The maximum atomic E-state index is 12.3. The van der Waals surface area contributed by atoms with Crippen LogP contribution in [0.3, 0.4) is 0 Å². The van der Waals surface area contributed by atoms with Gasteiger partial charge in [-0.2, -0.15) is 10.4 Å². The molecule has 34 heavy (non-hydrogen) atoms. The number of carbonyl (C=O) groups excluding carboxylic acids is 1. The highest BCUT2D eigenvalue weighted by molar-refractivity contribution is 5.54. The molecule has 0 aromatic carbocycles. The molecule has 5 fully saturated rings. The van der Waals surface area contributed by atoms with E-state index in [1.54, 1.807) is 10.7 Å². The molecular formula is C29H39N3O2. The summed E-state index contributed by atoms with van der Waals surface area (Å²) >= 11 is 0. The van der Waals surface area contributed by atoms with E-state index in [1.165, 1.54) is 44.9 Å². The molecule has 0 aliphatic heterocycles. The number of aliphatic hydroxyl groups is 1. The Kier molecular flexibility index (Phi) is 5.36. The summed E-state index contributed by atoms with van der Waals surface area (Å²) in [5.41, 5.74) is 0.970. The van der Waals surface area contributed by atoms with E-state index in [4.69, 9.17) is 5.26 Å². The van der Waals surface area contributed by atoms with Crippen LogP contribution in [0.25, 0.3) is 0 Å². The second-order valence-corrected chi connectivity index (χ2v) is 13.1. The third-order valence-electron chi connectivity index (χ3n) is 11.2. The highest BCUT2D eigenvalue weighted by atomic mass is 16.3. The van der Waals surface area contributed by atoms with Gasteiger partial charge in [0.2, 0.25) is 0 Å². The van der Waals surface area contributed by atoms with Crippen LogP contribution < -0.4 is 0 Å². The summed E-state index contributed by atoms with van der Waals surface area (Å²) in [4.78, 5) is 12.3. The molecule has 0 spiro atoms. The molecule has 0 unspecified atom stereocenters. The van der Waals surface area contributed by atoms with Gasteiger partial charge in [0, 0.05) is 11.8 Å². The van der Waals surface area contributed by atoms with Crippen molar-refractivity contribution in [3.63, 3.8) is 0 Å². The minimum Gasteiger partial charge on any atom is -0.390 e. The van der Waals surface area contributed by atoms with Crippen LogP contribution >= 0.6 is 0 Å². The van der Waals surface area contributed by atoms with Gasteiger partial charge in [0.1, 0.15) is 12.0 Å². The normalized spacial score (nSPS) is 45.4. The van der Waals surface area contributed by atoms with Crippen LogP contribution in [0.15, 0.2) is 17.8 Å². The van der Waals surface area contributed by atoms with E-state index >= 15 is 0 Å². The molecule has 0 amide bonds. The first-order chi connectivity index (χ1) is 16.3. The SMILES string of the molecule is C[C@@]1(O)CC[C@H]2[C@H](CC[C@@H]3[C@@H]2CC[C@@]2(C)[C@H]3[C@H](C3CC3)C[C@@H]2C(=C=O)Cn2ccc(C#N)n2)C1. The zero-order chi connectivity index (χ0) is 23.7. The lowest BCUT2D eigenvalue weighted by molar-refractivity contribution is -0.106. The molecule has 6 rings (SSSR count). The van der Waals surface area contributed by atoms with E-state index < -0.39 is 5.60 Å². The second-order valence-electron chi connectivity index (χ2n) is 13.1. The Bertz CT molecular complexity index is 1040. The lowest BCUT2D eigenvalue weighted by Crippen LogP contribution is -2.51. The number of fused-ring (bicyclic) bond motifs is 5. The molecular weight excluding hydrogens is 422 g/mol. The molecule has 182 valence electrons. The summed E-state index contributed by atoms with van der Waals surface area (Å²) in [7, 11) is 0. The average Bonchev–Trinajstić information content (AvgIpc) is 3.47. The number of rotatable bonds is 4. The van der Waals surface area contributed by atoms with Crippen LogP contribution in [0, 0.1) is 64.1 Å². The Labute approximate surface area is 203 Å². The van der Waals surface area contributed by atoms with Crippen molar-refractivity contribution in [2.24, 2.45) is 52.8 Å². The van der Waals surface area contributed by atoms with Crippen LogP contribution in [-0.4, -0.2) is 26.4 Å². The van der Waals surface area contributed by atoms with Gasteiger partial charge in [0.05, 0.1) is 12.1 Å². The van der Waals surface area contributed by atoms with Gasteiger partial charge in [0.15, 0.2) is 5.69 Å². The Balaban J connectivity index is 1.28. The van der Waals surface area contributed by atoms with Crippen molar-refractivity contribution in [2.45, 2.75) is 90.2 Å². The monoisotopic (exact) mass is 461 g/mol. The van der Waals surface area contributed by atoms with E-state index in [1.807, 2.05) is 13.1 Å². The first-order valence-corrected chi connectivity index (χ1v) is 13.7. The maximum absolute atomic E-state index is 12.3. The van der Waals surface area contributed by atoms with Crippen molar-refractivity contribution in [1.82, 2.24) is 9.78 Å². The minimum absolute atomic E-state index is 0.166. The van der Waals surface area contributed by atoms with Crippen LogP contribution in [0.5, 0.6) is 0 Å². The van der Waals surface area contributed by atoms with E-state index in [0.29, 0.717) is 24.1 Å². The molecule has 5 heteroatoms. The van der Waals surface area contributed by atoms with E-state index in [0.717, 1.165) is 54.4 Å². The Hall–Kier alpha value is -1.89. The fourth-order valence-electron chi connectivity index (χ4n) is 9.71. The largest absolute Gasteiger partial charge is 0.390 e. The highest BCUT2D eigenvalue weighted by Gasteiger charge is 2.63. The molecule has 5 nitrogen and oxygen atoms in total. The molecule has 0 radical (unpaired) electrons. The predicted molar refractivity (Wildman–Crippen MR) is 129 cm³/mol. The van der Waals surface area contributed by atoms with Crippen LogP contribution in [-0.2, 0) is 11.3 Å². The van der Waals surface area contributed by atoms with Gasteiger partial charge in [-0.15, -0.1) is 0 Å². The Morgan fingerprint density at radius 2 is 1.85 bits per heavy atom. The lowest BCUT2D eigenvalue weighted by Gasteiger charge is -2.58. The molecule has 5 aliphatic carbocycles. The van der Waals surface area contributed by atoms with E-state index in [2.05, 4.69) is 24.0 Å². The third kappa shape index (κ3) is 3.61. The molecule has 1 aromatic rings. The van der Waals surface area contributed by atoms with Crippen molar-refractivity contribution >= 4 is 5.94 Å². The van der Waals surface area contributed by atoms with E-state index in [9.17, 15) is 9.90 Å². The molecule has 1 N–H and O–H groups in total. The molecule has 1 heterocycles. The van der Waals surface area contributed by atoms with Gasteiger partial charge < -0.3 is 5.11 Å². The zero-order valence-corrected chi connectivity index (χ0v) is 20.7. The van der Waals surface area contributed by atoms with Crippen molar-refractivity contribution in [3.05, 3.63) is 23.5 Å². The van der Waals surface area contributed by atoms with Crippen molar-refractivity contribution in [3.8, 4) is 6.07 Å². The predicted octanol–water partition coefficient (Wildman–Crippen LogP) is 5.17. The van der Waals surface area contributed by atoms with Gasteiger partial charge in [-0.3, -0.25) is 4.68 Å². The Morgan fingerprint density at radius 1 is 1.09 bits per heavy atom. The average molecular weight is 462 g/mol. The van der Waals surface area contributed by atoms with Gasteiger partial charge in [-0.05, 0) is 130 Å². The number of aromatic nitrogens is 2. The number of hydrogen-bond donors (Lipinski definition) is 1. The second kappa shape index (κ2) is 8.07. The van der Waals surface area contributed by atoms with E-state index in [-0.39, 0.29) is 11.3 Å². The first kappa shape index (κ1) is 22.6. The fourth-order valence-corrected chi connectivity index (χ4v) is 9.71. The maximum Gasteiger partial charge on any atom is 0.162 e. The quantitative estimate of drug-likeness (QED) is 0.628. The summed E-state index contributed by atoms with van der Waals surface area (Å²) in [6, 6.07) is 3.82. The van der Waals surface area contributed by atoms with Gasteiger partial charge in [-0.25, -0.2) is 4.79 Å². The summed E-state index contributed by atoms with van der Waals surface area (Å²) in [6.45, 7) is 5.01. The van der Waals surface area contributed by atoms with Gasteiger partial charge in [0.25, 0.3) is 0 Å². The number of allylic oxidation sites excluding steroid dienone is 1. The van der Waals surface area contributed by atoms with Gasteiger partial charge in [-0.1, -0.05) is 6.92 Å². The summed E-state index contributed by atoms with van der Waals surface area (Å²) < 4.78 is 1.76. The fraction of sp³-hybridized carbons (Fsp3) is 0.793. The summed E-state index contributed by atoms with van der Waals surface area (Å²) in [5, 5.41) is 24.2. The van der Waals surface area contributed by atoms with Crippen molar-refractivity contribution < 1.29 is 9.90 Å². The molecule has 9 atom stereocenters. The number of nitrogens with zero attached hydrogens (tertiary/aromatic N) is 3. The van der Waals surface area contributed by atoms with Crippen molar-refractivity contribution in [2.75, 3.05) is 0 Å². The van der Waals surface area contributed by atoms with Crippen molar-refractivity contribution in [1.29, 1.82) is 5.26 Å². The molecule has 5 saturated carbocycles. The summed E-state index contributed by atoms with van der Waals surface area (Å²) in [5.74, 6) is 8.03. The van der Waals surface area contributed by atoms with Crippen LogP contribution in [0.1, 0.15) is 83.7 Å². The smallest absolute Gasteiger partial charge is 0.162 e. The lowest BCUT2D eigenvalue weighted by atomic mass is 9.48. The molecule has 1 aromatic heterocycles.